The van der Waals surface area contributed by atoms with Crippen molar-refractivity contribution >= 4 is 46.1 Å². The van der Waals surface area contributed by atoms with Crippen molar-refractivity contribution in [3.63, 3.8) is 0 Å². The predicted molar refractivity (Wildman–Crippen MR) is 153 cm³/mol. The molecule has 0 fully saturated rings. The summed E-state index contributed by atoms with van der Waals surface area (Å²) in [6.45, 7) is 6.89. The summed E-state index contributed by atoms with van der Waals surface area (Å²) in [5.41, 5.74) is 16.3. The van der Waals surface area contributed by atoms with Gasteiger partial charge in [-0.25, -0.2) is 0 Å². The Bertz CT molecular complexity index is 1650. The molecule has 0 N–H and O–H groups in total. The van der Waals surface area contributed by atoms with Crippen LogP contribution in [0, 0.1) is 20.8 Å². The van der Waals surface area contributed by atoms with Gasteiger partial charge in [0.05, 0.1) is 6.04 Å². The van der Waals surface area contributed by atoms with Gasteiger partial charge in [-0.1, -0.05) is 77.3 Å². The van der Waals surface area contributed by atoms with E-state index >= 15 is 0 Å². The number of hydrogen-bond donors (Lipinski definition) is 0. The Morgan fingerprint density at radius 1 is 0.694 bits per heavy atom. The fourth-order valence-corrected chi connectivity index (χ4v) is 7.12. The first kappa shape index (κ1) is 20.2. The van der Waals surface area contributed by atoms with Crippen LogP contribution in [-0.4, -0.2) is 12.8 Å². The van der Waals surface area contributed by atoms with Crippen LogP contribution in [0.15, 0.2) is 103 Å². The molecule has 2 atom stereocenters. The highest BCUT2D eigenvalue weighted by atomic mass is 15.2. The highest BCUT2D eigenvalue weighted by molar-refractivity contribution is 6.95. The Morgan fingerprint density at radius 2 is 1.47 bits per heavy atom. The zero-order valence-electron chi connectivity index (χ0n) is 20.9. The van der Waals surface area contributed by atoms with E-state index in [4.69, 9.17) is 0 Å². The monoisotopic (exact) mass is 462 g/mol. The molecule has 0 bridgehead atoms. The van der Waals surface area contributed by atoms with Crippen LogP contribution < -0.4 is 20.7 Å². The Labute approximate surface area is 213 Å². The van der Waals surface area contributed by atoms with Crippen molar-refractivity contribution in [1.82, 2.24) is 0 Å². The highest BCUT2D eigenvalue weighted by Gasteiger charge is 2.52. The molecule has 0 saturated carbocycles. The second-order valence-corrected chi connectivity index (χ2v) is 10.8. The first-order valence-electron chi connectivity index (χ1n) is 13.0. The molecule has 4 aliphatic rings. The molecule has 0 spiro atoms. The van der Waals surface area contributed by atoms with Crippen molar-refractivity contribution in [2.24, 2.45) is 0 Å². The minimum atomic E-state index is 0.259. The van der Waals surface area contributed by atoms with Gasteiger partial charge >= 0.3 is 0 Å². The van der Waals surface area contributed by atoms with Crippen molar-refractivity contribution in [2.75, 3.05) is 9.80 Å². The molecule has 0 saturated heterocycles. The first-order valence-corrected chi connectivity index (χ1v) is 13.0. The molecular formula is C33H27BN2. The van der Waals surface area contributed by atoms with Gasteiger partial charge in [-0.3, -0.25) is 0 Å². The zero-order chi connectivity index (χ0) is 24.1. The van der Waals surface area contributed by atoms with Crippen molar-refractivity contribution < 1.29 is 0 Å². The number of allylic oxidation sites excluding steroid dienone is 2. The molecule has 0 amide bonds. The van der Waals surface area contributed by atoms with Crippen LogP contribution >= 0.6 is 0 Å². The van der Waals surface area contributed by atoms with E-state index in [2.05, 4.69) is 128 Å². The van der Waals surface area contributed by atoms with Gasteiger partial charge in [0.25, 0.3) is 0 Å². The number of hydrogen-bond acceptors (Lipinski definition) is 2. The van der Waals surface area contributed by atoms with Gasteiger partial charge in [0.1, 0.15) is 0 Å². The lowest BCUT2D eigenvalue weighted by Crippen LogP contribution is -2.60. The Hall–Kier alpha value is -3.98. The van der Waals surface area contributed by atoms with Crippen LogP contribution in [0.2, 0.25) is 0 Å². The Morgan fingerprint density at radius 3 is 2.33 bits per heavy atom. The van der Waals surface area contributed by atoms with Crippen LogP contribution in [0.1, 0.15) is 28.2 Å². The Balaban J connectivity index is 1.49. The molecule has 3 heteroatoms. The van der Waals surface area contributed by atoms with Crippen molar-refractivity contribution in [3.8, 4) is 0 Å². The van der Waals surface area contributed by atoms with Crippen molar-refractivity contribution in [2.45, 2.75) is 32.7 Å². The van der Waals surface area contributed by atoms with Crippen LogP contribution in [0.5, 0.6) is 0 Å². The molecule has 36 heavy (non-hydrogen) atoms. The lowest BCUT2D eigenvalue weighted by Gasteiger charge is -2.47. The topological polar surface area (TPSA) is 6.48 Å². The molecule has 0 aromatic heterocycles. The third kappa shape index (κ3) is 2.53. The SMILES string of the molecule is Cc1ccc(N2c3ccc(C)cc3B3C4=CC=CC5c6ccccc6N(c6cc(C)cc2c63)C45)cc1. The summed E-state index contributed by atoms with van der Waals surface area (Å²) < 4.78 is 0. The predicted octanol–water partition coefficient (Wildman–Crippen LogP) is 6.66. The molecule has 172 valence electrons. The standard InChI is InChI=1S/C33H27BN2/c1-20-11-14-23(15-12-20)35-29-16-13-21(2)17-27(29)34-26-9-6-8-25-24-7-4-5-10-28(24)36(33(25)26)31-19-22(3)18-30(35)32(31)34/h4-19,25,33H,1-3H3. The van der Waals surface area contributed by atoms with Gasteiger partial charge in [-0.15, -0.1) is 0 Å². The summed E-state index contributed by atoms with van der Waals surface area (Å²) in [5, 5.41) is 0. The van der Waals surface area contributed by atoms with E-state index < -0.39 is 0 Å². The molecule has 4 aromatic carbocycles. The minimum Gasteiger partial charge on any atom is -0.334 e. The van der Waals surface area contributed by atoms with E-state index in [-0.39, 0.29) is 6.71 Å². The second-order valence-electron chi connectivity index (χ2n) is 10.8. The van der Waals surface area contributed by atoms with E-state index in [0.29, 0.717) is 12.0 Å². The average Bonchev–Trinajstić information content (AvgIpc) is 3.23. The number of para-hydroxylation sites is 1. The first-order chi connectivity index (χ1) is 17.6. The Kier molecular flexibility index (Phi) is 3.96. The van der Waals surface area contributed by atoms with Crippen LogP contribution in [0.3, 0.4) is 0 Å². The highest BCUT2D eigenvalue weighted by Crippen LogP contribution is 2.54. The summed E-state index contributed by atoms with van der Waals surface area (Å²) in [6.07, 6.45) is 7.12. The van der Waals surface area contributed by atoms with Crippen LogP contribution in [0.25, 0.3) is 0 Å². The molecule has 2 nitrogen and oxygen atoms in total. The van der Waals surface area contributed by atoms with E-state index in [1.807, 2.05) is 0 Å². The van der Waals surface area contributed by atoms with Crippen LogP contribution in [-0.2, 0) is 0 Å². The third-order valence-corrected chi connectivity index (χ3v) is 8.55. The van der Waals surface area contributed by atoms with Gasteiger partial charge < -0.3 is 9.80 Å². The molecule has 3 aliphatic heterocycles. The van der Waals surface area contributed by atoms with Gasteiger partial charge in [0, 0.05) is 34.4 Å². The summed E-state index contributed by atoms with van der Waals surface area (Å²) in [5.74, 6) is 0.390. The molecule has 8 rings (SSSR count). The second kappa shape index (κ2) is 7.04. The fourth-order valence-electron chi connectivity index (χ4n) is 7.12. The minimum absolute atomic E-state index is 0.259. The number of anilines is 5. The molecule has 1 aliphatic carbocycles. The largest absolute Gasteiger partial charge is 0.334 e. The van der Waals surface area contributed by atoms with E-state index in [1.165, 1.54) is 67.1 Å². The molecule has 3 heterocycles. The van der Waals surface area contributed by atoms with E-state index in [9.17, 15) is 0 Å². The summed E-state index contributed by atoms with van der Waals surface area (Å²) in [6, 6.07) is 30.2. The lowest BCUT2D eigenvalue weighted by molar-refractivity contribution is 0.726. The zero-order valence-corrected chi connectivity index (χ0v) is 20.9. The molecule has 4 aromatic rings. The summed E-state index contributed by atoms with van der Waals surface area (Å²) in [7, 11) is 0. The smallest absolute Gasteiger partial charge is 0.247 e. The number of aryl methyl sites for hydroxylation is 3. The number of rotatable bonds is 1. The van der Waals surface area contributed by atoms with Crippen molar-refractivity contribution in [1.29, 1.82) is 0 Å². The number of nitrogens with zero attached hydrogens (tertiary/aromatic N) is 2. The molecular weight excluding hydrogens is 435 g/mol. The fraction of sp³-hybridized carbons (Fsp3) is 0.152. The van der Waals surface area contributed by atoms with Gasteiger partial charge in [-0.2, -0.15) is 0 Å². The number of benzene rings is 4. The average molecular weight is 462 g/mol. The van der Waals surface area contributed by atoms with Crippen molar-refractivity contribution in [3.05, 3.63) is 125 Å². The lowest BCUT2D eigenvalue weighted by atomic mass is 9.31. The third-order valence-electron chi connectivity index (χ3n) is 8.55. The maximum atomic E-state index is 2.64. The van der Waals surface area contributed by atoms with Gasteiger partial charge in [0.15, 0.2) is 0 Å². The van der Waals surface area contributed by atoms with Gasteiger partial charge in [-0.05, 0) is 79.2 Å². The molecule has 0 radical (unpaired) electrons. The molecule has 2 unspecified atom stereocenters. The maximum Gasteiger partial charge on any atom is 0.247 e. The van der Waals surface area contributed by atoms with Gasteiger partial charge in [0.2, 0.25) is 6.71 Å². The quantitative estimate of drug-likeness (QED) is 0.292. The summed E-state index contributed by atoms with van der Waals surface area (Å²) in [4.78, 5) is 5.14. The summed E-state index contributed by atoms with van der Waals surface area (Å²) >= 11 is 0. The van der Waals surface area contributed by atoms with Crippen LogP contribution in [0.4, 0.5) is 28.4 Å². The number of fused-ring (bicyclic) bond motifs is 7. The maximum absolute atomic E-state index is 2.64. The normalized spacial score (nSPS) is 20.0. The van der Waals surface area contributed by atoms with E-state index in [1.54, 1.807) is 0 Å². The van der Waals surface area contributed by atoms with E-state index in [0.717, 1.165) is 0 Å².